The summed E-state index contributed by atoms with van der Waals surface area (Å²) in [6.07, 6.45) is 1.51. The summed E-state index contributed by atoms with van der Waals surface area (Å²) in [6, 6.07) is 10.9. The van der Waals surface area contributed by atoms with Crippen LogP contribution in [0.5, 0.6) is 0 Å². The molecule has 1 saturated heterocycles. The Morgan fingerprint density at radius 2 is 1.87 bits per heavy atom. The molecule has 0 spiro atoms. The van der Waals surface area contributed by atoms with Gasteiger partial charge in [-0.15, -0.1) is 0 Å². The van der Waals surface area contributed by atoms with Crippen LogP contribution in [0.15, 0.2) is 47.1 Å². The second-order valence-electron chi connectivity index (χ2n) is 6.96. The summed E-state index contributed by atoms with van der Waals surface area (Å²) in [6.45, 7) is 3.74. The van der Waals surface area contributed by atoms with Crippen molar-refractivity contribution in [2.75, 3.05) is 37.2 Å². The number of carbonyl (C=O) groups is 1. The summed E-state index contributed by atoms with van der Waals surface area (Å²) >= 11 is 5.91. The van der Waals surface area contributed by atoms with Crippen molar-refractivity contribution in [3.63, 3.8) is 0 Å². The number of hydrogen-bond donors (Lipinski definition) is 2. The minimum Gasteiger partial charge on any atom is -0.459 e. The molecule has 3 N–H and O–H groups in total. The van der Waals surface area contributed by atoms with E-state index in [-0.39, 0.29) is 11.9 Å². The molecule has 1 aromatic carbocycles. The fourth-order valence-electron chi connectivity index (χ4n) is 3.24. The van der Waals surface area contributed by atoms with Crippen LogP contribution in [0.4, 0.5) is 11.9 Å². The molecule has 10 heteroatoms. The number of hydrogen-bond acceptors (Lipinski definition) is 8. The Bertz CT molecular complexity index is 987. The van der Waals surface area contributed by atoms with Gasteiger partial charge < -0.3 is 20.4 Å². The average molecular weight is 428 g/mol. The van der Waals surface area contributed by atoms with Crippen molar-refractivity contribution in [1.29, 1.82) is 0 Å². The van der Waals surface area contributed by atoms with Gasteiger partial charge in [-0.1, -0.05) is 23.7 Å². The minimum absolute atomic E-state index is 0.0854. The second-order valence-corrected chi connectivity index (χ2v) is 7.40. The number of nitrogens with two attached hydrogens (primary N) is 1. The lowest BCUT2D eigenvalue weighted by Gasteiger charge is -2.33. The quantitative estimate of drug-likeness (QED) is 0.615. The number of rotatable bonds is 6. The fraction of sp³-hybridized carbons (Fsp3) is 0.300. The normalized spacial score (nSPS) is 14.6. The molecule has 1 aliphatic heterocycles. The predicted molar refractivity (Wildman–Crippen MR) is 113 cm³/mol. The minimum atomic E-state index is -0.0854. The molecule has 1 fully saturated rings. The number of aromatic nitrogens is 3. The number of carbonyl (C=O) groups excluding carboxylic acids is 1. The third-order valence-corrected chi connectivity index (χ3v) is 5.07. The first-order valence-electron chi connectivity index (χ1n) is 9.61. The summed E-state index contributed by atoms with van der Waals surface area (Å²) in [5, 5.41) is 3.86. The largest absolute Gasteiger partial charge is 0.459 e. The van der Waals surface area contributed by atoms with E-state index >= 15 is 0 Å². The first-order chi connectivity index (χ1) is 14.6. The standard InChI is InChI=1S/C20H22ClN7O2/c21-15-5-3-14(4-6-15)12-23-20-25-17(24-19(22)26-20)13-27-7-9-28(10-8-27)18(29)16-2-1-11-30-16/h1-6,11H,7-10,12-13H2,(H3,22,23,24,25,26). The predicted octanol–water partition coefficient (Wildman–Crippen LogP) is 2.27. The topological polar surface area (TPSA) is 113 Å². The number of nitrogens with one attached hydrogen (secondary N) is 1. The van der Waals surface area contributed by atoms with Gasteiger partial charge in [-0.3, -0.25) is 9.69 Å². The van der Waals surface area contributed by atoms with E-state index in [4.69, 9.17) is 21.8 Å². The van der Waals surface area contributed by atoms with Crippen LogP contribution in [0.2, 0.25) is 5.02 Å². The van der Waals surface area contributed by atoms with Gasteiger partial charge in [0.1, 0.15) is 5.82 Å². The first kappa shape index (κ1) is 20.1. The highest BCUT2D eigenvalue weighted by Crippen LogP contribution is 2.13. The van der Waals surface area contributed by atoms with Crippen molar-refractivity contribution in [2.45, 2.75) is 13.1 Å². The van der Waals surface area contributed by atoms with Gasteiger partial charge in [-0.05, 0) is 29.8 Å². The highest BCUT2D eigenvalue weighted by atomic mass is 35.5. The highest BCUT2D eigenvalue weighted by molar-refractivity contribution is 6.30. The summed E-state index contributed by atoms with van der Waals surface area (Å²) in [5.41, 5.74) is 6.92. The van der Waals surface area contributed by atoms with Crippen molar-refractivity contribution in [1.82, 2.24) is 24.8 Å². The Balaban J connectivity index is 1.32. The summed E-state index contributed by atoms with van der Waals surface area (Å²) in [7, 11) is 0. The number of benzene rings is 1. The molecule has 0 bridgehead atoms. The van der Waals surface area contributed by atoms with Gasteiger partial charge in [0.05, 0.1) is 12.8 Å². The van der Waals surface area contributed by atoms with Crippen LogP contribution >= 0.6 is 11.6 Å². The number of nitrogens with zero attached hydrogens (tertiary/aromatic N) is 5. The van der Waals surface area contributed by atoms with E-state index in [1.54, 1.807) is 17.0 Å². The molecular formula is C20H22ClN7O2. The van der Waals surface area contributed by atoms with Gasteiger partial charge in [0, 0.05) is 37.7 Å². The van der Waals surface area contributed by atoms with Gasteiger partial charge in [-0.2, -0.15) is 15.0 Å². The molecule has 1 amide bonds. The fourth-order valence-corrected chi connectivity index (χ4v) is 3.36. The van der Waals surface area contributed by atoms with Crippen LogP contribution < -0.4 is 11.1 Å². The second kappa shape index (κ2) is 9.10. The molecule has 9 nitrogen and oxygen atoms in total. The lowest BCUT2D eigenvalue weighted by molar-refractivity contribution is 0.0595. The van der Waals surface area contributed by atoms with E-state index in [0.29, 0.717) is 61.8 Å². The zero-order valence-electron chi connectivity index (χ0n) is 16.3. The molecule has 0 saturated carbocycles. The summed E-state index contributed by atoms with van der Waals surface area (Å²) in [5.74, 6) is 1.47. The lowest BCUT2D eigenvalue weighted by Crippen LogP contribution is -2.48. The van der Waals surface area contributed by atoms with Crippen molar-refractivity contribution in [2.24, 2.45) is 0 Å². The van der Waals surface area contributed by atoms with E-state index in [1.807, 2.05) is 24.3 Å². The zero-order valence-corrected chi connectivity index (χ0v) is 17.0. The van der Waals surface area contributed by atoms with Crippen LogP contribution in [0.3, 0.4) is 0 Å². The van der Waals surface area contributed by atoms with Gasteiger partial charge in [-0.25, -0.2) is 0 Å². The van der Waals surface area contributed by atoms with Gasteiger partial charge in [0.2, 0.25) is 11.9 Å². The maximum Gasteiger partial charge on any atom is 0.289 e. The van der Waals surface area contributed by atoms with E-state index in [1.165, 1.54) is 6.26 Å². The molecular weight excluding hydrogens is 406 g/mol. The number of anilines is 2. The third-order valence-electron chi connectivity index (χ3n) is 4.82. The number of piperazine rings is 1. The lowest BCUT2D eigenvalue weighted by atomic mass is 10.2. The first-order valence-corrected chi connectivity index (χ1v) is 9.98. The molecule has 1 aliphatic rings. The maximum absolute atomic E-state index is 12.4. The molecule has 0 aliphatic carbocycles. The average Bonchev–Trinajstić information content (AvgIpc) is 3.28. The van der Waals surface area contributed by atoms with Gasteiger partial charge in [0.25, 0.3) is 5.91 Å². The smallest absolute Gasteiger partial charge is 0.289 e. The Labute approximate surface area is 178 Å². The summed E-state index contributed by atoms with van der Waals surface area (Å²) < 4.78 is 5.20. The van der Waals surface area contributed by atoms with E-state index in [9.17, 15) is 4.79 Å². The molecule has 3 heterocycles. The number of halogens is 1. The molecule has 3 aromatic rings. The highest BCUT2D eigenvalue weighted by Gasteiger charge is 2.24. The van der Waals surface area contributed by atoms with Crippen LogP contribution in [0.25, 0.3) is 0 Å². The van der Waals surface area contributed by atoms with E-state index < -0.39 is 0 Å². The van der Waals surface area contributed by atoms with Crippen LogP contribution in [0.1, 0.15) is 21.9 Å². The maximum atomic E-state index is 12.4. The van der Waals surface area contributed by atoms with Crippen molar-refractivity contribution in [3.05, 3.63) is 64.8 Å². The SMILES string of the molecule is Nc1nc(CN2CCN(C(=O)c3ccco3)CC2)nc(NCc2ccc(Cl)cc2)n1. The van der Waals surface area contributed by atoms with Crippen LogP contribution in [-0.2, 0) is 13.1 Å². The van der Waals surface area contributed by atoms with Gasteiger partial charge >= 0.3 is 0 Å². The molecule has 0 unspecified atom stereocenters. The summed E-state index contributed by atoms with van der Waals surface area (Å²) in [4.78, 5) is 29.2. The molecule has 4 rings (SSSR count). The Hall–Kier alpha value is -3.17. The molecule has 2 aromatic heterocycles. The number of nitrogen functional groups attached to an aromatic ring is 1. The monoisotopic (exact) mass is 427 g/mol. The molecule has 0 atom stereocenters. The zero-order chi connectivity index (χ0) is 20.9. The van der Waals surface area contributed by atoms with E-state index in [2.05, 4.69) is 25.2 Å². The van der Waals surface area contributed by atoms with Crippen molar-refractivity contribution >= 4 is 29.4 Å². The Morgan fingerprint density at radius 1 is 1.10 bits per heavy atom. The molecule has 156 valence electrons. The van der Waals surface area contributed by atoms with E-state index in [0.717, 1.165) is 5.56 Å². The van der Waals surface area contributed by atoms with Gasteiger partial charge in [0.15, 0.2) is 5.76 Å². The number of amides is 1. The van der Waals surface area contributed by atoms with Crippen molar-refractivity contribution in [3.8, 4) is 0 Å². The molecule has 0 radical (unpaired) electrons. The molecule has 30 heavy (non-hydrogen) atoms. The Kier molecular flexibility index (Phi) is 6.10. The van der Waals surface area contributed by atoms with Crippen molar-refractivity contribution < 1.29 is 9.21 Å². The van der Waals surface area contributed by atoms with Crippen LogP contribution in [0, 0.1) is 0 Å². The van der Waals surface area contributed by atoms with Crippen LogP contribution in [-0.4, -0.2) is 56.8 Å². The third kappa shape index (κ3) is 5.05. The Morgan fingerprint density at radius 3 is 2.57 bits per heavy atom. The number of furan rings is 1.